The van der Waals surface area contributed by atoms with E-state index in [0.29, 0.717) is 10.8 Å². The van der Waals surface area contributed by atoms with Crippen molar-refractivity contribution in [1.82, 2.24) is 15.3 Å². The summed E-state index contributed by atoms with van der Waals surface area (Å²) in [7, 11) is 1.49. The molecule has 1 saturated heterocycles. The molecule has 1 aliphatic rings. The molecule has 29 heavy (non-hydrogen) atoms. The second-order valence-electron chi connectivity index (χ2n) is 6.65. The molecule has 1 fully saturated rings. The fourth-order valence-corrected chi connectivity index (χ4v) is 3.86. The lowest BCUT2D eigenvalue weighted by Gasteiger charge is -2.27. The zero-order chi connectivity index (χ0) is 20.2. The molecule has 0 bridgehead atoms. The van der Waals surface area contributed by atoms with E-state index in [0.717, 1.165) is 17.1 Å². The van der Waals surface area contributed by atoms with Crippen LogP contribution < -0.4 is 15.5 Å². The van der Waals surface area contributed by atoms with Crippen molar-refractivity contribution >= 4 is 34.6 Å². The molecule has 0 radical (unpaired) electrons. The number of methoxy groups -OCH3 is 1. The Bertz CT molecular complexity index is 976. The van der Waals surface area contributed by atoms with E-state index in [4.69, 9.17) is 17.0 Å². The maximum Gasteiger partial charge on any atom is 0.250 e. The summed E-state index contributed by atoms with van der Waals surface area (Å²) >= 11 is 5.67. The van der Waals surface area contributed by atoms with E-state index in [2.05, 4.69) is 25.5 Å². The van der Waals surface area contributed by atoms with E-state index in [1.165, 1.54) is 7.11 Å². The van der Waals surface area contributed by atoms with Gasteiger partial charge in [0.2, 0.25) is 5.91 Å². The number of benzene rings is 1. The topological polar surface area (TPSA) is 82.3 Å². The molecule has 0 saturated carbocycles. The number of ether oxygens (including phenoxy) is 1. The Hall–Kier alpha value is -3.23. The molecule has 148 valence electrons. The summed E-state index contributed by atoms with van der Waals surface area (Å²) in [6.45, 7) is 0.0164. The van der Waals surface area contributed by atoms with Gasteiger partial charge in [0.1, 0.15) is 12.6 Å². The number of anilines is 2. The molecule has 3 aromatic rings. The number of hydrogen-bond donors (Lipinski definition) is 3. The summed E-state index contributed by atoms with van der Waals surface area (Å²) in [5.74, 6) is -0.196. The van der Waals surface area contributed by atoms with Crippen LogP contribution in [0.2, 0.25) is 0 Å². The second kappa shape index (κ2) is 8.42. The molecule has 8 heteroatoms. The van der Waals surface area contributed by atoms with Crippen LogP contribution in [-0.4, -0.2) is 34.7 Å². The maximum absolute atomic E-state index is 11.7. The minimum atomic E-state index is -0.196. The Balaban J connectivity index is 1.65. The van der Waals surface area contributed by atoms with Gasteiger partial charge in [-0.25, -0.2) is 0 Å². The van der Waals surface area contributed by atoms with Crippen LogP contribution in [0, 0.1) is 0 Å². The Morgan fingerprint density at radius 2 is 2.03 bits per heavy atom. The molecule has 7 nitrogen and oxygen atoms in total. The Morgan fingerprint density at radius 1 is 1.21 bits per heavy atom. The minimum Gasteiger partial charge on any atom is -0.375 e. The SMILES string of the molecule is COCC(=O)Nc1ccc(N2C(=S)N[C@H](c3ccccn3)[C@H]2c2ccc[nH]2)cc1. The summed E-state index contributed by atoms with van der Waals surface area (Å²) in [5, 5.41) is 6.83. The van der Waals surface area contributed by atoms with Crippen LogP contribution in [0.1, 0.15) is 23.5 Å². The third-order valence-corrected chi connectivity index (χ3v) is 5.06. The van der Waals surface area contributed by atoms with Crippen LogP contribution in [0.25, 0.3) is 0 Å². The molecule has 3 N–H and O–H groups in total. The number of rotatable bonds is 6. The van der Waals surface area contributed by atoms with Gasteiger partial charge in [-0.3, -0.25) is 9.78 Å². The quantitative estimate of drug-likeness (QED) is 0.545. The molecule has 0 spiro atoms. The number of carbonyl (C=O) groups excluding carboxylic acids is 1. The van der Waals surface area contributed by atoms with Crippen molar-refractivity contribution in [2.75, 3.05) is 23.9 Å². The van der Waals surface area contributed by atoms with Gasteiger partial charge >= 0.3 is 0 Å². The number of thiocarbonyl (C=S) groups is 1. The van der Waals surface area contributed by atoms with Gasteiger partial charge in [-0.1, -0.05) is 6.07 Å². The standard InChI is InChI=1S/C21H21N5O2S/c1-28-13-18(27)24-14-7-9-15(10-8-14)26-20(17-6-4-12-23-17)19(25-21(26)29)16-5-2-3-11-22-16/h2-12,19-20,23H,13H2,1H3,(H,24,27)(H,25,29)/t19-,20-/m1/s1. The minimum absolute atomic E-state index is 0.0164. The Kier molecular flexibility index (Phi) is 5.55. The number of nitrogens with one attached hydrogen (secondary N) is 3. The van der Waals surface area contributed by atoms with Crippen molar-refractivity contribution < 1.29 is 9.53 Å². The van der Waals surface area contributed by atoms with Gasteiger partial charge in [-0.05, 0) is 60.7 Å². The summed E-state index contributed by atoms with van der Waals surface area (Å²) in [6, 6.07) is 17.3. The number of aromatic amines is 1. The molecule has 4 rings (SSSR count). The van der Waals surface area contributed by atoms with Crippen molar-refractivity contribution in [1.29, 1.82) is 0 Å². The van der Waals surface area contributed by atoms with Crippen molar-refractivity contribution in [2.45, 2.75) is 12.1 Å². The summed E-state index contributed by atoms with van der Waals surface area (Å²) in [6.07, 6.45) is 3.69. The lowest BCUT2D eigenvalue weighted by molar-refractivity contribution is -0.119. The smallest absolute Gasteiger partial charge is 0.250 e. The average molecular weight is 407 g/mol. The number of pyridine rings is 1. The monoisotopic (exact) mass is 407 g/mol. The van der Waals surface area contributed by atoms with Crippen LogP contribution in [-0.2, 0) is 9.53 Å². The van der Waals surface area contributed by atoms with E-state index >= 15 is 0 Å². The van der Waals surface area contributed by atoms with Crippen molar-refractivity contribution in [3.63, 3.8) is 0 Å². The first-order chi connectivity index (χ1) is 14.2. The van der Waals surface area contributed by atoms with Crippen LogP contribution in [0.4, 0.5) is 11.4 Å². The van der Waals surface area contributed by atoms with E-state index in [1.807, 2.05) is 60.8 Å². The normalized spacial score (nSPS) is 18.5. The van der Waals surface area contributed by atoms with Gasteiger partial charge in [0.05, 0.1) is 11.7 Å². The fraction of sp³-hybridized carbons (Fsp3) is 0.190. The number of H-pyrrole nitrogens is 1. The first-order valence-corrected chi connectivity index (χ1v) is 9.61. The van der Waals surface area contributed by atoms with Gasteiger partial charge in [-0.2, -0.15) is 0 Å². The predicted octanol–water partition coefficient (Wildman–Crippen LogP) is 3.17. The molecule has 0 aliphatic carbocycles. The third-order valence-electron chi connectivity index (χ3n) is 4.74. The van der Waals surface area contributed by atoms with E-state index in [9.17, 15) is 4.79 Å². The van der Waals surface area contributed by atoms with Gasteiger partial charge < -0.3 is 25.3 Å². The third kappa shape index (κ3) is 3.98. The summed E-state index contributed by atoms with van der Waals surface area (Å²) in [5.41, 5.74) is 3.57. The van der Waals surface area contributed by atoms with Crippen LogP contribution in [0.15, 0.2) is 67.0 Å². The molecule has 2 atom stereocenters. The largest absolute Gasteiger partial charge is 0.375 e. The van der Waals surface area contributed by atoms with Gasteiger partial charge in [0, 0.05) is 36.6 Å². The fourth-order valence-electron chi connectivity index (χ4n) is 3.51. The number of aromatic nitrogens is 2. The van der Waals surface area contributed by atoms with Crippen molar-refractivity contribution in [3.8, 4) is 0 Å². The molecular weight excluding hydrogens is 386 g/mol. The number of amides is 1. The highest BCUT2D eigenvalue weighted by molar-refractivity contribution is 7.80. The average Bonchev–Trinajstić information content (AvgIpc) is 3.37. The molecule has 3 heterocycles. The second-order valence-corrected chi connectivity index (χ2v) is 7.04. The first kappa shape index (κ1) is 19.1. The molecular formula is C21H21N5O2S. The van der Waals surface area contributed by atoms with Crippen molar-refractivity contribution in [2.24, 2.45) is 0 Å². The van der Waals surface area contributed by atoms with Gasteiger partial charge in [0.15, 0.2) is 5.11 Å². The van der Waals surface area contributed by atoms with E-state index < -0.39 is 0 Å². The Labute approximate surface area is 174 Å². The Morgan fingerprint density at radius 3 is 2.69 bits per heavy atom. The molecule has 2 aromatic heterocycles. The van der Waals surface area contributed by atoms with Gasteiger partial charge in [0.25, 0.3) is 0 Å². The highest BCUT2D eigenvalue weighted by Gasteiger charge is 2.41. The molecule has 1 aromatic carbocycles. The lowest BCUT2D eigenvalue weighted by atomic mass is 10.0. The van der Waals surface area contributed by atoms with E-state index in [1.54, 1.807) is 6.20 Å². The van der Waals surface area contributed by atoms with Crippen LogP contribution in [0.5, 0.6) is 0 Å². The lowest BCUT2D eigenvalue weighted by Crippen LogP contribution is -2.29. The van der Waals surface area contributed by atoms with Crippen molar-refractivity contribution in [3.05, 3.63) is 78.4 Å². The first-order valence-electron chi connectivity index (χ1n) is 9.20. The number of nitrogens with zero attached hydrogens (tertiary/aromatic N) is 2. The zero-order valence-corrected chi connectivity index (χ0v) is 16.6. The number of carbonyl (C=O) groups is 1. The maximum atomic E-state index is 11.7. The molecule has 1 aliphatic heterocycles. The van der Waals surface area contributed by atoms with Crippen LogP contribution in [0.3, 0.4) is 0 Å². The predicted molar refractivity (Wildman–Crippen MR) is 116 cm³/mol. The highest BCUT2D eigenvalue weighted by Crippen LogP contribution is 2.40. The zero-order valence-electron chi connectivity index (χ0n) is 15.8. The molecule has 1 amide bonds. The highest BCUT2D eigenvalue weighted by atomic mass is 32.1. The van der Waals surface area contributed by atoms with Gasteiger partial charge in [-0.15, -0.1) is 0 Å². The van der Waals surface area contributed by atoms with E-state index in [-0.39, 0.29) is 24.6 Å². The number of hydrogen-bond acceptors (Lipinski definition) is 4. The molecule has 0 unspecified atom stereocenters. The summed E-state index contributed by atoms with van der Waals surface area (Å²) in [4.78, 5) is 21.6. The summed E-state index contributed by atoms with van der Waals surface area (Å²) < 4.78 is 4.85. The van der Waals surface area contributed by atoms with Crippen LogP contribution >= 0.6 is 12.2 Å².